The maximum Gasteiger partial charge on any atom is 4.00 e. The van der Waals surface area contributed by atoms with Crippen molar-refractivity contribution in [2.75, 3.05) is 0 Å². The summed E-state index contributed by atoms with van der Waals surface area (Å²) >= 11 is 0. The molecule has 0 atom stereocenters. The van der Waals surface area contributed by atoms with Gasteiger partial charge in [0.2, 0.25) is 0 Å². The smallest absolute Gasteiger partial charge is 0.358 e. The molecule has 2 aliphatic rings. The SMILES string of the molecule is C[Si](C)(C)C1=[C-]C([Si](C)(C)C)=CC1.C[Si](C)(C)C1=[C-]C([Si](C)(C)C)=CC1.Cl.Cl.[CH3-].[CH3-].[Zr+4]. The number of allylic oxidation sites excluding steroid dienone is 8. The molecule has 0 aromatic heterocycles. The molecule has 0 radical (unpaired) electrons. The monoisotopic (exact) mass is 610 g/mol. The summed E-state index contributed by atoms with van der Waals surface area (Å²) < 4.78 is 0. The van der Waals surface area contributed by atoms with Crippen LogP contribution in [-0.2, 0) is 26.2 Å². The number of hydrogen-bond donors (Lipinski definition) is 0. The minimum absolute atomic E-state index is 0. The molecule has 0 amide bonds. The summed E-state index contributed by atoms with van der Waals surface area (Å²) in [6, 6.07) is 0. The largest absolute Gasteiger partial charge is 4.00 e. The number of halogens is 2. The summed E-state index contributed by atoms with van der Waals surface area (Å²) in [6.07, 6.45) is 14.6. The van der Waals surface area contributed by atoms with Gasteiger partial charge in [0.15, 0.2) is 0 Å². The van der Waals surface area contributed by atoms with Crippen LogP contribution >= 0.6 is 24.8 Å². The van der Waals surface area contributed by atoms with E-state index in [1.54, 1.807) is 20.8 Å². The Morgan fingerprint density at radius 1 is 0.516 bits per heavy atom. The molecule has 7 heteroatoms. The molecule has 0 aromatic rings. The minimum atomic E-state index is -1.09. The van der Waals surface area contributed by atoms with Crippen molar-refractivity contribution in [3.8, 4) is 0 Å². The topological polar surface area (TPSA) is 0 Å². The van der Waals surface area contributed by atoms with Gasteiger partial charge in [0.1, 0.15) is 0 Å². The van der Waals surface area contributed by atoms with Crippen LogP contribution in [0.5, 0.6) is 0 Å². The Balaban J connectivity index is -0.000000125. The molecule has 0 nitrogen and oxygen atoms in total. The Bertz CT molecular complexity index is 593. The fraction of sp³-hybridized carbons (Fsp3) is 0.583. The van der Waals surface area contributed by atoms with Gasteiger partial charge in [0, 0.05) is 16.1 Å². The molecular formula is C24H50Cl2Si4Zr. The number of hydrogen-bond acceptors (Lipinski definition) is 0. The molecule has 0 bridgehead atoms. The number of rotatable bonds is 4. The van der Waals surface area contributed by atoms with Crippen molar-refractivity contribution in [1.82, 2.24) is 0 Å². The quantitative estimate of drug-likeness (QED) is 0.219. The summed E-state index contributed by atoms with van der Waals surface area (Å²) in [6.45, 7) is 28.9. The van der Waals surface area contributed by atoms with Gasteiger partial charge < -0.3 is 14.9 Å². The summed E-state index contributed by atoms with van der Waals surface area (Å²) in [5.41, 5.74) is 0. The van der Waals surface area contributed by atoms with Crippen molar-refractivity contribution in [3.63, 3.8) is 0 Å². The van der Waals surface area contributed by atoms with E-state index in [2.05, 4.69) is 103 Å². The van der Waals surface area contributed by atoms with Gasteiger partial charge in [-0.05, 0) is 0 Å². The first-order valence-corrected chi connectivity index (χ1v) is 24.1. The van der Waals surface area contributed by atoms with Crippen LogP contribution in [0.3, 0.4) is 0 Å². The van der Waals surface area contributed by atoms with Crippen LogP contribution in [0.15, 0.2) is 32.9 Å². The third-order valence-electron chi connectivity index (χ3n) is 5.02. The fourth-order valence-corrected chi connectivity index (χ4v) is 8.09. The van der Waals surface area contributed by atoms with E-state index < -0.39 is 32.3 Å². The van der Waals surface area contributed by atoms with E-state index in [0.29, 0.717) is 0 Å². The molecule has 0 heterocycles. The Morgan fingerprint density at radius 2 is 0.742 bits per heavy atom. The van der Waals surface area contributed by atoms with E-state index in [-0.39, 0.29) is 65.9 Å². The summed E-state index contributed by atoms with van der Waals surface area (Å²) in [7, 11) is -4.32. The molecule has 2 aliphatic carbocycles. The second kappa shape index (κ2) is 15.3. The molecule has 0 saturated carbocycles. The predicted octanol–water partition coefficient (Wildman–Crippen LogP) is 9.34. The van der Waals surface area contributed by atoms with Gasteiger partial charge in [-0.2, -0.15) is 10.4 Å². The normalized spacial score (nSPS) is 15.6. The van der Waals surface area contributed by atoms with Crippen LogP contribution in [0.1, 0.15) is 12.8 Å². The predicted molar refractivity (Wildman–Crippen MR) is 160 cm³/mol. The second-order valence-electron chi connectivity index (χ2n) is 11.9. The van der Waals surface area contributed by atoms with Gasteiger partial charge in [-0.3, -0.25) is 12.2 Å². The maximum absolute atomic E-state index is 3.67. The maximum atomic E-state index is 3.67. The van der Waals surface area contributed by atoms with Gasteiger partial charge in [-0.25, -0.2) is 22.5 Å². The summed E-state index contributed by atoms with van der Waals surface area (Å²) in [5.74, 6) is 0. The molecule has 31 heavy (non-hydrogen) atoms. The van der Waals surface area contributed by atoms with E-state index in [1.165, 1.54) is 12.8 Å². The van der Waals surface area contributed by atoms with Crippen molar-refractivity contribution in [1.29, 1.82) is 0 Å². The molecule has 0 N–H and O–H groups in total. The molecule has 180 valence electrons. The van der Waals surface area contributed by atoms with Crippen LogP contribution < -0.4 is 0 Å². The summed E-state index contributed by atoms with van der Waals surface area (Å²) in [4.78, 5) is 0. The van der Waals surface area contributed by atoms with Crippen LogP contribution in [0.25, 0.3) is 0 Å². The van der Waals surface area contributed by atoms with Crippen LogP contribution in [-0.4, -0.2) is 32.3 Å². The van der Waals surface area contributed by atoms with Gasteiger partial charge in [0.25, 0.3) is 0 Å². The van der Waals surface area contributed by atoms with Crippen LogP contribution in [0.2, 0.25) is 78.6 Å². The molecular weight excluding hydrogens is 563 g/mol. The zero-order valence-corrected chi connectivity index (χ0v) is 31.0. The first-order valence-electron chi connectivity index (χ1n) is 10.1. The van der Waals surface area contributed by atoms with Crippen molar-refractivity contribution in [2.45, 2.75) is 91.4 Å². The zero-order valence-electron chi connectivity index (χ0n) is 22.9. The van der Waals surface area contributed by atoms with Gasteiger partial charge >= 0.3 is 26.2 Å². The Morgan fingerprint density at radius 3 is 0.839 bits per heavy atom. The third kappa shape index (κ3) is 14.3. The molecule has 0 fully saturated rings. The van der Waals surface area contributed by atoms with Crippen LogP contribution in [0.4, 0.5) is 0 Å². The zero-order chi connectivity index (χ0) is 20.6. The van der Waals surface area contributed by atoms with E-state index in [0.717, 1.165) is 0 Å². The Labute approximate surface area is 232 Å². The third-order valence-corrected chi connectivity index (χ3v) is 13.2. The van der Waals surface area contributed by atoms with Crippen molar-refractivity contribution >= 4 is 57.1 Å². The van der Waals surface area contributed by atoms with Gasteiger partial charge in [-0.15, -0.1) is 37.7 Å². The first-order chi connectivity index (χ1) is 11.4. The molecule has 0 spiro atoms. The molecule has 2 rings (SSSR count). The van der Waals surface area contributed by atoms with Crippen LogP contribution in [0, 0.1) is 27.0 Å². The van der Waals surface area contributed by atoms with E-state index >= 15 is 0 Å². The van der Waals surface area contributed by atoms with E-state index in [4.69, 9.17) is 0 Å². The van der Waals surface area contributed by atoms with Crippen molar-refractivity contribution in [3.05, 3.63) is 59.9 Å². The molecule has 0 saturated heterocycles. The molecule has 0 aromatic carbocycles. The Hall–Kier alpha value is 1.29. The first kappa shape index (κ1) is 42.5. The standard InChI is InChI=1S/2C11H21Si2.2CH3.2ClH.Zr/c2*1-12(2,3)10-7-8-11(9-10)13(4,5)6;;;;;/h2*7H,8H2,1-6H3;2*1H3;2*1H;/q4*-1;;;+4. The van der Waals surface area contributed by atoms with E-state index in [1.807, 2.05) is 0 Å². The van der Waals surface area contributed by atoms with Gasteiger partial charge in [-0.1, -0.05) is 78.6 Å². The molecule has 0 unspecified atom stereocenters. The average molecular weight is 613 g/mol. The molecule has 0 aliphatic heterocycles. The van der Waals surface area contributed by atoms with Crippen molar-refractivity contribution in [2.24, 2.45) is 0 Å². The second-order valence-corrected chi connectivity index (χ2v) is 32.1. The summed E-state index contributed by atoms with van der Waals surface area (Å²) in [5, 5.41) is 6.32. The Kier molecular flexibility index (Phi) is 21.0. The van der Waals surface area contributed by atoms with Gasteiger partial charge in [0.05, 0.1) is 16.1 Å². The van der Waals surface area contributed by atoms with E-state index in [9.17, 15) is 0 Å². The fourth-order valence-electron chi connectivity index (χ4n) is 2.91. The minimum Gasteiger partial charge on any atom is -0.358 e. The average Bonchev–Trinajstić information content (AvgIpc) is 3.06. The van der Waals surface area contributed by atoms with Crippen molar-refractivity contribution < 1.29 is 26.2 Å².